The predicted octanol–water partition coefficient (Wildman–Crippen LogP) is 5.22. The molecule has 42 heavy (non-hydrogen) atoms. The Morgan fingerprint density at radius 1 is 0.857 bits per heavy atom. The lowest BCUT2D eigenvalue weighted by atomic mass is 9.94. The van der Waals surface area contributed by atoms with Gasteiger partial charge in [-0.15, -0.1) is 0 Å². The summed E-state index contributed by atoms with van der Waals surface area (Å²) in [5, 5.41) is 3.95. The molecule has 0 saturated carbocycles. The van der Waals surface area contributed by atoms with E-state index in [1.807, 2.05) is 48.6 Å². The fraction of sp³-hybridized carbons (Fsp3) is 0.250. The zero-order valence-corrected chi connectivity index (χ0v) is 25.1. The van der Waals surface area contributed by atoms with Crippen LogP contribution in [0.15, 0.2) is 95.8 Å². The van der Waals surface area contributed by atoms with E-state index in [2.05, 4.69) is 5.32 Å². The van der Waals surface area contributed by atoms with Crippen molar-refractivity contribution in [3.05, 3.63) is 117 Å². The maximum absolute atomic E-state index is 13.4. The van der Waals surface area contributed by atoms with Crippen molar-refractivity contribution < 1.29 is 22.8 Å². The molecular weight excluding hydrogens is 595 g/mol. The summed E-state index contributed by atoms with van der Waals surface area (Å²) in [5.41, 5.74) is 3.33. The second kappa shape index (κ2) is 15.0. The van der Waals surface area contributed by atoms with E-state index in [4.69, 9.17) is 23.2 Å². The molecule has 0 radical (unpaired) electrons. The third-order valence-corrected chi connectivity index (χ3v) is 8.44. The number of amides is 2. The third-order valence-electron chi connectivity index (χ3n) is 6.98. The molecular formula is C32H30Cl2N2O5S. The maximum atomic E-state index is 13.4. The molecule has 0 unspecified atom stereocenters. The standard InChI is InChI=1S/C32H30Cl2N2O5S/c33-28-8-3-1-6-22(28)12-14-24-20-36(21-25(32(24)39)15-13-23-7-2-4-9-29(23)34)31(38)11-5-10-30(37)35-26-16-18-27(19-17-26)42(40)41/h1-4,6-9,14-18H,5,10-13,19-21H2,(H,35,37)/b24-14+,25-15+. The first kappa shape index (κ1) is 31.2. The van der Waals surface area contributed by atoms with Crippen LogP contribution < -0.4 is 5.32 Å². The van der Waals surface area contributed by atoms with Crippen LogP contribution in [0.1, 0.15) is 36.8 Å². The largest absolute Gasteiger partial charge is 0.334 e. The molecule has 2 amide bonds. The molecule has 2 aliphatic rings. The van der Waals surface area contributed by atoms with Gasteiger partial charge >= 0.3 is 0 Å². The van der Waals surface area contributed by atoms with Gasteiger partial charge in [-0.3, -0.25) is 14.4 Å². The SMILES string of the molecule is O=C(CCCC(=O)N1C/C(=C\Cc2ccccc2Cl)C(=O)/C(=C/Cc2ccccc2Cl)C1)NC1=CCC(=S(=O)=O)C=C1. The van der Waals surface area contributed by atoms with E-state index in [1.54, 1.807) is 23.1 Å². The van der Waals surface area contributed by atoms with E-state index in [0.717, 1.165) is 11.1 Å². The topological polar surface area (TPSA) is 101 Å². The summed E-state index contributed by atoms with van der Waals surface area (Å²) in [6.45, 7) is 0.352. The van der Waals surface area contributed by atoms with Crippen LogP contribution in [0, 0.1) is 0 Å². The van der Waals surface area contributed by atoms with Gasteiger partial charge in [0.1, 0.15) is 0 Å². The molecule has 2 aromatic rings. The highest BCUT2D eigenvalue weighted by Crippen LogP contribution is 2.23. The van der Waals surface area contributed by atoms with Crippen molar-refractivity contribution >= 4 is 56.0 Å². The normalized spacial score (nSPS) is 17.0. The van der Waals surface area contributed by atoms with Crippen LogP contribution in [0.3, 0.4) is 0 Å². The molecule has 2 aromatic carbocycles. The lowest BCUT2D eigenvalue weighted by Gasteiger charge is -2.30. The van der Waals surface area contributed by atoms with Gasteiger partial charge in [-0.05, 0) is 54.7 Å². The Balaban J connectivity index is 1.41. The number of hydrogen-bond acceptors (Lipinski definition) is 5. The minimum absolute atomic E-state index is 0.104. The molecule has 1 aliphatic carbocycles. The van der Waals surface area contributed by atoms with Crippen LogP contribution in [0.2, 0.25) is 10.0 Å². The number of ketones is 1. The van der Waals surface area contributed by atoms with E-state index in [9.17, 15) is 22.8 Å². The molecule has 7 nitrogen and oxygen atoms in total. The fourth-order valence-corrected chi connectivity index (χ4v) is 5.45. The number of benzene rings is 2. The molecule has 0 atom stereocenters. The Hall–Kier alpha value is -3.72. The zero-order chi connectivity index (χ0) is 30.1. The van der Waals surface area contributed by atoms with Crippen LogP contribution >= 0.6 is 23.2 Å². The van der Waals surface area contributed by atoms with Gasteiger partial charge in [0.2, 0.25) is 22.1 Å². The lowest BCUT2D eigenvalue weighted by Crippen LogP contribution is -2.41. The second-order valence-electron chi connectivity index (χ2n) is 9.93. The number of Topliss-reactive ketones (excluding diaryl/α,β-unsaturated/α-hetero) is 1. The van der Waals surface area contributed by atoms with Gasteiger partial charge in [0, 0.05) is 59.2 Å². The van der Waals surface area contributed by atoms with Crippen LogP contribution in [0.4, 0.5) is 0 Å². The number of rotatable bonds is 9. The smallest absolute Gasteiger partial charge is 0.224 e. The van der Waals surface area contributed by atoms with Gasteiger partial charge in [0.25, 0.3) is 0 Å². The Morgan fingerprint density at radius 2 is 1.43 bits per heavy atom. The van der Waals surface area contributed by atoms with E-state index < -0.39 is 10.3 Å². The third kappa shape index (κ3) is 8.64. The highest BCUT2D eigenvalue weighted by atomic mass is 35.5. The quantitative estimate of drug-likeness (QED) is 0.304. The van der Waals surface area contributed by atoms with Gasteiger partial charge in [-0.2, -0.15) is 8.42 Å². The van der Waals surface area contributed by atoms with Gasteiger partial charge in [-0.1, -0.05) is 77.8 Å². The number of likely N-dealkylation sites (tertiary alicyclic amines) is 1. The summed E-state index contributed by atoms with van der Waals surface area (Å²) >= 11 is 12.6. The molecule has 0 aromatic heterocycles. The number of allylic oxidation sites excluding steroid dienone is 5. The first-order valence-electron chi connectivity index (χ1n) is 13.5. The highest BCUT2D eigenvalue weighted by Gasteiger charge is 2.28. The minimum Gasteiger partial charge on any atom is -0.334 e. The van der Waals surface area contributed by atoms with E-state index in [-0.39, 0.29) is 54.8 Å². The van der Waals surface area contributed by atoms with Crippen LogP contribution in [-0.2, 0) is 37.5 Å². The van der Waals surface area contributed by atoms with Gasteiger partial charge in [0.05, 0.1) is 4.86 Å². The summed E-state index contributed by atoms with van der Waals surface area (Å²) in [6.07, 6.45) is 9.99. The number of hydrogen-bond donors (Lipinski definition) is 1. The molecule has 1 fully saturated rings. The highest BCUT2D eigenvalue weighted by molar-refractivity contribution is 7.73. The van der Waals surface area contributed by atoms with Crippen molar-refractivity contribution in [3.63, 3.8) is 0 Å². The monoisotopic (exact) mass is 624 g/mol. The first-order valence-corrected chi connectivity index (χ1v) is 15.3. The molecule has 218 valence electrons. The minimum atomic E-state index is -2.29. The van der Waals surface area contributed by atoms with E-state index >= 15 is 0 Å². The van der Waals surface area contributed by atoms with E-state index in [0.29, 0.717) is 46.2 Å². The molecule has 1 aliphatic heterocycles. The molecule has 1 N–H and O–H groups in total. The average Bonchev–Trinajstić information content (AvgIpc) is 2.97. The van der Waals surface area contributed by atoms with Crippen molar-refractivity contribution in [2.75, 3.05) is 13.1 Å². The Morgan fingerprint density at radius 3 is 1.93 bits per heavy atom. The summed E-state index contributed by atoms with van der Waals surface area (Å²) in [5.74, 6) is -0.524. The summed E-state index contributed by atoms with van der Waals surface area (Å²) in [6, 6.07) is 14.8. The average molecular weight is 626 g/mol. The molecule has 1 saturated heterocycles. The number of halogens is 2. The first-order chi connectivity index (χ1) is 20.2. The second-order valence-corrected chi connectivity index (χ2v) is 11.7. The van der Waals surface area contributed by atoms with Crippen LogP contribution in [-0.4, -0.2) is 48.9 Å². The Bertz CT molecular complexity index is 1580. The Kier molecular flexibility index (Phi) is 11.1. The zero-order valence-electron chi connectivity index (χ0n) is 22.8. The van der Waals surface area contributed by atoms with E-state index in [1.165, 1.54) is 12.2 Å². The summed E-state index contributed by atoms with van der Waals surface area (Å²) < 4.78 is 22.1. The van der Waals surface area contributed by atoms with Gasteiger partial charge < -0.3 is 10.2 Å². The van der Waals surface area contributed by atoms with Crippen molar-refractivity contribution in [2.24, 2.45) is 0 Å². The summed E-state index contributed by atoms with van der Waals surface area (Å²) in [4.78, 5) is 40.9. The van der Waals surface area contributed by atoms with Gasteiger partial charge in [0.15, 0.2) is 5.78 Å². The molecule has 0 bridgehead atoms. The fourth-order valence-electron chi connectivity index (χ4n) is 4.63. The maximum Gasteiger partial charge on any atom is 0.224 e. The molecule has 1 heterocycles. The number of nitrogens with one attached hydrogen (secondary N) is 1. The van der Waals surface area contributed by atoms with Crippen molar-refractivity contribution in [1.29, 1.82) is 0 Å². The van der Waals surface area contributed by atoms with Crippen molar-refractivity contribution in [2.45, 2.75) is 38.5 Å². The number of nitrogens with zero attached hydrogens (tertiary/aromatic N) is 1. The molecule has 0 spiro atoms. The number of carbonyl (C=O) groups excluding carboxylic acids is 3. The Labute approximate surface area is 256 Å². The lowest BCUT2D eigenvalue weighted by molar-refractivity contribution is -0.131. The van der Waals surface area contributed by atoms with Crippen molar-refractivity contribution in [3.8, 4) is 0 Å². The summed E-state index contributed by atoms with van der Waals surface area (Å²) in [7, 11) is -2.29. The molecule has 4 rings (SSSR count). The van der Waals surface area contributed by atoms with Crippen LogP contribution in [0.5, 0.6) is 0 Å². The van der Waals surface area contributed by atoms with Gasteiger partial charge in [-0.25, -0.2) is 0 Å². The molecule has 10 heteroatoms. The van der Waals surface area contributed by atoms with Crippen molar-refractivity contribution in [1.82, 2.24) is 10.2 Å². The predicted molar refractivity (Wildman–Crippen MR) is 166 cm³/mol. The van der Waals surface area contributed by atoms with Crippen LogP contribution in [0.25, 0.3) is 0 Å². The number of piperidine rings is 1. The number of carbonyl (C=O) groups is 3.